The van der Waals surface area contributed by atoms with E-state index in [9.17, 15) is 9.59 Å². The summed E-state index contributed by atoms with van der Waals surface area (Å²) in [6, 6.07) is 8.72. The molecule has 0 bridgehead atoms. The maximum absolute atomic E-state index is 12.4. The number of aromatic nitrogens is 1. The van der Waals surface area contributed by atoms with E-state index in [1.807, 2.05) is 17.7 Å². The van der Waals surface area contributed by atoms with Crippen molar-refractivity contribution in [1.29, 1.82) is 0 Å². The van der Waals surface area contributed by atoms with Crippen molar-refractivity contribution >= 4 is 39.1 Å². The summed E-state index contributed by atoms with van der Waals surface area (Å²) in [6.07, 6.45) is 1.86. The number of nitrogens with one attached hydrogen (secondary N) is 2. The molecule has 122 valence electrons. The van der Waals surface area contributed by atoms with Crippen molar-refractivity contribution in [1.82, 2.24) is 4.57 Å². The summed E-state index contributed by atoms with van der Waals surface area (Å²) in [5, 5.41) is 5.52. The van der Waals surface area contributed by atoms with Gasteiger partial charge < -0.3 is 19.9 Å². The van der Waals surface area contributed by atoms with Crippen LogP contribution in [-0.2, 0) is 16.1 Å². The van der Waals surface area contributed by atoms with Gasteiger partial charge in [0.25, 0.3) is 5.91 Å². The van der Waals surface area contributed by atoms with E-state index in [1.54, 1.807) is 30.3 Å². The SMILES string of the molecule is CCn1cc(Br)cc1C(=O)Nc1cccc(NC(=O)COC)c1. The highest BCUT2D eigenvalue weighted by molar-refractivity contribution is 9.10. The Morgan fingerprint density at radius 2 is 1.91 bits per heavy atom. The van der Waals surface area contributed by atoms with E-state index in [2.05, 4.69) is 26.6 Å². The molecular formula is C16H18BrN3O3. The van der Waals surface area contributed by atoms with Gasteiger partial charge in [-0.1, -0.05) is 6.07 Å². The summed E-state index contributed by atoms with van der Waals surface area (Å²) in [5.41, 5.74) is 1.76. The van der Waals surface area contributed by atoms with Gasteiger partial charge >= 0.3 is 0 Å². The van der Waals surface area contributed by atoms with Crippen LogP contribution in [0.1, 0.15) is 17.4 Å². The number of nitrogens with zero attached hydrogens (tertiary/aromatic N) is 1. The molecule has 0 radical (unpaired) electrons. The Balaban J connectivity index is 2.10. The van der Waals surface area contributed by atoms with E-state index >= 15 is 0 Å². The highest BCUT2D eigenvalue weighted by Gasteiger charge is 2.13. The lowest BCUT2D eigenvalue weighted by Crippen LogP contribution is -2.18. The number of carbonyl (C=O) groups excluding carboxylic acids is 2. The number of carbonyl (C=O) groups is 2. The van der Waals surface area contributed by atoms with Gasteiger partial charge in [0.2, 0.25) is 5.91 Å². The third-order valence-corrected chi connectivity index (χ3v) is 3.55. The van der Waals surface area contributed by atoms with Crippen LogP contribution in [0.25, 0.3) is 0 Å². The number of aryl methyl sites for hydroxylation is 1. The fraction of sp³-hybridized carbons (Fsp3) is 0.250. The van der Waals surface area contributed by atoms with Crippen LogP contribution < -0.4 is 10.6 Å². The molecular weight excluding hydrogens is 362 g/mol. The number of benzene rings is 1. The van der Waals surface area contributed by atoms with Crippen LogP contribution in [-0.4, -0.2) is 30.1 Å². The highest BCUT2D eigenvalue weighted by Crippen LogP contribution is 2.19. The molecule has 1 aromatic carbocycles. The van der Waals surface area contributed by atoms with Crippen molar-refractivity contribution in [2.45, 2.75) is 13.5 Å². The van der Waals surface area contributed by atoms with E-state index in [0.717, 1.165) is 4.47 Å². The first-order chi connectivity index (χ1) is 11.0. The average Bonchev–Trinajstić information content (AvgIpc) is 2.89. The molecule has 0 aliphatic rings. The fourth-order valence-corrected chi connectivity index (χ4v) is 2.59. The molecule has 1 aromatic heterocycles. The largest absolute Gasteiger partial charge is 0.375 e. The van der Waals surface area contributed by atoms with Crippen molar-refractivity contribution in [2.24, 2.45) is 0 Å². The van der Waals surface area contributed by atoms with Gasteiger partial charge in [0.1, 0.15) is 12.3 Å². The standard InChI is InChI=1S/C16H18BrN3O3/c1-3-20-9-11(17)7-14(20)16(22)19-13-6-4-5-12(8-13)18-15(21)10-23-2/h4-9H,3,10H2,1-2H3,(H,18,21)(H,19,22). The van der Waals surface area contributed by atoms with Gasteiger partial charge in [0.05, 0.1) is 0 Å². The first-order valence-corrected chi connectivity index (χ1v) is 7.88. The topological polar surface area (TPSA) is 72.4 Å². The molecule has 0 atom stereocenters. The first-order valence-electron chi connectivity index (χ1n) is 7.09. The minimum Gasteiger partial charge on any atom is -0.375 e. The molecule has 0 aliphatic carbocycles. The molecule has 0 unspecified atom stereocenters. The Bertz CT molecular complexity index is 712. The number of anilines is 2. The predicted octanol–water partition coefficient (Wildman–Crippen LogP) is 3.11. The number of hydrogen-bond acceptors (Lipinski definition) is 3. The zero-order chi connectivity index (χ0) is 16.8. The second-order valence-corrected chi connectivity index (χ2v) is 5.76. The summed E-state index contributed by atoms with van der Waals surface area (Å²) in [4.78, 5) is 23.9. The van der Waals surface area contributed by atoms with Gasteiger partial charge in [0.15, 0.2) is 0 Å². The third-order valence-electron chi connectivity index (χ3n) is 3.12. The van der Waals surface area contributed by atoms with Gasteiger partial charge in [0, 0.05) is 35.7 Å². The van der Waals surface area contributed by atoms with Gasteiger partial charge in [-0.25, -0.2) is 0 Å². The van der Waals surface area contributed by atoms with Crippen molar-refractivity contribution in [3.8, 4) is 0 Å². The smallest absolute Gasteiger partial charge is 0.272 e. The van der Waals surface area contributed by atoms with Crippen LogP contribution in [0.15, 0.2) is 41.0 Å². The summed E-state index contributed by atoms with van der Waals surface area (Å²) in [6.45, 7) is 2.64. The predicted molar refractivity (Wildman–Crippen MR) is 92.7 cm³/mol. The average molecular weight is 380 g/mol. The number of methoxy groups -OCH3 is 1. The monoisotopic (exact) mass is 379 g/mol. The molecule has 2 rings (SSSR count). The molecule has 0 aliphatic heterocycles. The fourth-order valence-electron chi connectivity index (χ4n) is 2.12. The molecule has 1 heterocycles. The Kier molecular flexibility index (Phi) is 5.95. The van der Waals surface area contributed by atoms with Crippen molar-refractivity contribution in [3.05, 3.63) is 46.7 Å². The normalized spacial score (nSPS) is 10.4. The quantitative estimate of drug-likeness (QED) is 0.809. The second-order valence-electron chi connectivity index (χ2n) is 4.85. The molecule has 23 heavy (non-hydrogen) atoms. The van der Waals surface area contributed by atoms with E-state index in [-0.39, 0.29) is 18.4 Å². The zero-order valence-corrected chi connectivity index (χ0v) is 14.5. The minimum atomic E-state index is -0.250. The van der Waals surface area contributed by atoms with Crippen LogP contribution in [0.3, 0.4) is 0 Å². The Hall–Kier alpha value is -2.12. The highest BCUT2D eigenvalue weighted by atomic mass is 79.9. The Morgan fingerprint density at radius 3 is 2.57 bits per heavy atom. The van der Waals surface area contributed by atoms with Gasteiger partial charge in [-0.05, 0) is 47.1 Å². The van der Waals surface area contributed by atoms with Crippen LogP contribution >= 0.6 is 15.9 Å². The van der Waals surface area contributed by atoms with Crippen molar-refractivity contribution in [3.63, 3.8) is 0 Å². The molecule has 2 aromatic rings. The molecule has 2 N–H and O–H groups in total. The summed E-state index contributed by atoms with van der Waals surface area (Å²) >= 11 is 3.37. The number of amides is 2. The minimum absolute atomic E-state index is 0.0192. The lowest BCUT2D eigenvalue weighted by molar-refractivity contribution is -0.119. The van der Waals surface area contributed by atoms with Crippen molar-refractivity contribution in [2.75, 3.05) is 24.4 Å². The molecule has 0 fully saturated rings. The maximum Gasteiger partial charge on any atom is 0.272 e. The number of rotatable bonds is 6. The zero-order valence-electron chi connectivity index (χ0n) is 12.9. The lowest BCUT2D eigenvalue weighted by atomic mass is 10.2. The number of halogens is 1. The third kappa shape index (κ3) is 4.67. The van der Waals surface area contributed by atoms with Crippen molar-refractivity contribution < 1.29 is 14.3 Å². The van der Waals surface area contributed by atoms with E-state index in [0.29, 0.717) is 23.6 Å². The molecule has 0 saturated heterocycles. The maximum atomic E-state index is 12.4. The Labute approximate surface area is 143 Å². The van der Waals surface area contributed by atoms with E-state index < -0.39 is 0 Å². The van der Waals surface area contributed by atoms with E-state index in [1.165, 1.54) is 7.11 Å². The van der Waals surface area contributed by atoms with Crippen LogP contribution in [0.4, 0.5) is 11.4 Å². The number of hydrogen-bond donors (Lipinski definition) is 2. The van der Waals surface area contributed by atoms with Gasteiger partial charge in [-0.2, -0.15) is 0 Å². The van der Waals surface area contributed by atoms with Gasteiger partial charge in [-0.15, -0.1) is 0 Å². The Morgan fingerprint density at radius 1 is 1.22 bits per heavy atom. The molecule has 2 amide bonds. The lowest BCUT2D eigenvalue weighted by Gasteiger charge is -2.10. The second kappa shape index (κ2) is 7.94. The van der Waals surface area contributed by atoms with E-state index in [4.69, 9.17) is 4.74 Å². The summed E-state index contributed by atoms with van der Waals surface area (Å²) in [7, 11) is 1.46. The summed E-state index contributed by atoms with van der Waals surface area (Å²) in [5.74, 6) is -0.460. The molecule has 0 saturated carbocycles. The molecule has 6 nitrogen and oxygen atoms in total. The number of ether oxygens (including phenoxy) is 1. The summed E-state index contributed by atoms with van der Waals surface area (Å²) < 4.78 is 7.47. The van der Waals surface area contributed by atoms with Crippen LogP contribution in [0.2, 0.25) is 0 Å². The molecule has 7 heteroatoms. The van der Waals surface area contributed by atoms with Crippen LogP contribution in [0, 0.1) is 0 Å². The molecule has 0 spiro atoms. The van der Waals surface area contributed by atoms with Crippen LogP contribution in [0.5, 0.6) is 0 Å². The van der Waals surface area contributed by atoms with Gasteiger partial charge in [-0.3, -0.25) is 9.59 Å². The first kappa shape index (κ1) is 17.2.